The van der Waals surface area contributed by atoms with E-state index in [1.165, 1.54) is 7.11 Å². The minimum Gasteiger partial charge on any atom is -0.469 e. The average molecular weight is 235 g/mol. The highest BCUT2D eigenvalue weighted by Crippen LogP contribution is 2.08. The minimum absolute atomic E-state index is 0.00114. The molecule has 5 nitrogen and oxygen atoms in total. The maximum absolute atomic E-state index is 11.2. The molecule has 0 saturated carbocycles. The second-order valence-corrected chi connectivity index (χ2v) is 4.57. The van der Waals surface area contributed by atoms with Crippen molar-refractivity contribution >= 4 is 24.7 Å². The molecule has 6 heteroatoms. The van der Waals surface area contributed by atoms with Gasteiger partial charge in [-0.25, -0.2) is 4.79 Å². The van der Waals surface area contributed by atoms with Gasteiger partial charge in [-0.1, -0.05) is 0 Å². The summed E-state index contributed by atoms with van der Waals surface area (Å²) in [5.41, 5.74) is -0.567. The fourth-order valence-electron chi connectivity index (χ4n) is 0.736. The van der Waals surface area contributed by atoms with Gasteiger partial charge in [-0.05, 0) is 20.8 Å². The highest BCUT2D eigenvalue weighted by molar-refractivity contribution is 7.80. The lowest BCUT2D eigenvalue weighted by molar-refractivity contribution is -0.140. The van der Waals surface area contributed by atoms with Gasteiger partial charge in [0.1, 0.15) is 5.60 Å². The van der Waals surface area contributed by atoms with Crippen molar-refractivity contribution in [1.82, 2.24) is 5.32 Å². The van der Waals surface area contributed by atoms with Crippen LogP contribution in [-0.4, -0.2) is 30.1 Å². The number of hydrogen-bond donors (Lipinski definition) is 2. The predicted molar refractivity (Wildman–Crippen MR) is 58.8 cm³/mol. The molecule has 0 saturated heterocycles. The zero-order chi connectivity index (χ0) is 12.1. The Morgan fingerprint density at radius 2 is 1.93 bits per heavy atom. The van der Waals surface area contributed by atoms with Crippen LogP contribution in [0.3, 0.4) is 0 Å². The van der Waals surface area contributed by atoms with E-state index >= 15 is 0 Å². The van der Waals surface area contributed by atoms with Crippen molar-refractivity contribution in [3.63, 3.8) is 0 Å². The Labute approximate surface area is 94.9 Å². The summed E-state index contributed by atoms with van der Waals surface area (Å²) in [6.07, 6.45) is -0.606. The molecule has 1 amide bonds. The zero-order valence-electron chi connectivity index (χ0n) is 9.36. The maximum atomic E-state index is 11.2. The molecule has 0 aliphatic rings. The normalized spacial score (nSPS) is 12.9. The number of alkyl carbamates (subject to hydrolysis) is 1. The van der Waals surface area contributed by atoms with Crippen LogP contribution in [-0.2, 0) is 14.3 Å². The monoisotopic (exact) mass is 235 g/mol. The molecule has 0 rings (SSSR count). The molecular formula is C9H17NO4S. The third kappa shape index (κ3) is 8.11. The van der Waals surface area contributed by atoms with Gasteiger partial charge in [-0.3, -0.25) is 4.79 Å². The molecule has 0 aromatic rings. The van der Waals surface area contributed by atoms with Crippen LogP contribution < -0.4 is 5.32 Å². The Kier molecular flexibility index (Phi) is 5.49. The van der Waals surface area contributed by atoms with Crippen LogP contribution in [0.25, 0.3) is 0 Å². The third-order valence-corrected chi connectivity index (χ3v) is 1.58. The lowest BCUT2D eigenvalue weighted by atomic mass is 10.2. The molecule has 1 N–H and O–H groups in total. The van der Waals surface area contributed by atoms with E-state index < -0.39 is 23.0 Å². The van der Waals surface area contributed by atoms with E-state index in [1.54, 1.807) is 20.8 Å². The second kappa shape index (κ2) is 5.85. The van der Waals surface area contributed by atoms with Crippen LogP contribution in [0.1, 0.15) is 27.2 Å². The van der Waals surface area contributed by atoms with Crippen molar-refractivity contribution in [3.05, 3.63) is 0 Å². The topological polar surface area (TPSA) is 64.6 Å². The van der Waals surface area contributed by atoms with Gasteiger partial charge in [0.25, 0.3) is 0 Å². The number of ether oxygens (including phenoxy) is 2. The van der Waals surface area contributed by atoms with Crippen molar-refractivity contribution in [2.24, 2.45) is 0 Å². The van der Waals surface area contributed by atoms with Crippen molar-refractivity contribution in [3.8, 4) is 0 Å². The van der Waals surface area contributed by atoms with Crippen LogP contribution in [0.15, 0.2) is 0 Å². The van der Waals surface area contributed by atoms with Crippen LogP contribution in [0, 0.1) is 0 Å². The number of carbonyl (C=O) groups excluding carboxylic acids is 2. The molecule has 0 aromatic carbocycles. The molecule has 0 fully saturated rings. The quantitative estimate of drug-likeness (QED) is 0.440. The van der Waals surface area contributed by atoms with E-state index in [9.17, 15) is 9.59 Å². The maximum Gasteiger partial charge on any atom is 0.408 e. The van der Waals surface area contributed by atoms with Gasteiger partial charge in [0, 0.05) is 0 Å². The third-order valence-electron chi connectivity index (χ3n) is 1.27. The fourth-order valence-corrected chi connectivity index (χ4v) is 0.990. The number of methoxy groups -OCH3 is 1. The predicted octanol–water partition coefficient (Wildman–Crippen LogP) is 1.33. The highest BCUT2D eigenvalue weighted by Gasteiger charge is 2.19. The smallest absolute Gasteiger partial charge is 0.408 e. The number of carbonyl (C=O) groups is 2. The van der Waals surface area contributed by atoms with Gasteiger partial charge >= 0.3 is 12.1 Å². The molecule has 0 spiro atoms. The lowest BCUT2D eigenvalue weighted by Gasteiger charge is -2.21. The molecule has 15 heavy (non-hydrogen) atoms. The van der Waals surface area contributed by atoms with Gasteiger partial charge in [0.05, 0.1) is 18.9 Å². The summed E-state index contributed by atoms with van der Waals surface area (Å²) in [7, 11) is 1.27. The summed E-state index contributed by atoms with van der Waals surface area (Å²) in [5.74, 6) is -0.439. The Hall–Kier alpha value is -0.910. The van der Waals surface area contributed by atoms with Crippen LogP contribution in [0.2, 0.25) is 0 Å². The number of amides is 1. The Morgan fingerprint density at radius 1 is 1.40 bits per heavy atom. The molecule has 1 atom stereocenters. The van der Waals surface area contributed by atoms with Crippen molar-refractivity contribution < 1.29 is 19.1 Å². The lowest BCUT2D eigenvalue weighted by Crippen LogP contribution is -2.37. The Bertz CT molecular complexity index is 237. The molecule has 0 aliphatic heterocycles. The zero-order valence-corrected chi connectivity index (χ0v) is 10.3. The van der Waals surface area contributed by atoms with Crippen molar-refractivity contribution in [2.75, 3.05) is 7.11 Å². The number of nitrogens with one attached hydrogen (secondary N) is 1. The van der Waals surface area contributed by atoms with E-state index in [-0.39, 0.29) is 6.42 Å². The summed E-state index contributed by atoms with van der Waals surface area (Å²) in [6, 6.07) is 0. The second-order valence-electron chi connectivity index (χ2n) is 3.94. The molecule has 1 unspecified atom stereocenters. The average Bonchev–Trinajstić information content (AvgIpc) is 1.99. The van der Waals surface area contributed by atoms with E-state index in [0.29, 0.717) is 0 Å². The van der Waals surface area contributed by atoms with Gasteiger partial charge in [-0.15, -0.1) is 0 Å². The minimum atomic E-state index is -0.605. The highest BCUT2D eigenvalue weighted by atomic mass is 32.1. The van der Waals surface area contributed by atoms with Crippen LogP contribution in [0.5, 0.6) is 0 Å². The van der Waals surface area contributed by atoms with Crippen molar-refractivity contribution in [2.45, 2.75) is 38.2 Å². The van der Waals surface area contributed by atoms with Gasteiger partial charge in [-0.2, -0.15) is 12.6 Å². The number of thiol groups is 1. The largest absolute Gasteiger partial charge is 0.469 e. The molecule has 0 heterocycles. The molecular weight excluding hydrogens is 218 g/mol. The van der Waals surface area contributed by atoms with E-state index in [0.717, 1.165) is 0 Å². The molecule has 0 aliphatic carbocycles. The van der Waals surface area contributed by atoms with Crippen LogP contribution >= 0.6 is 12.6 Å². The summed E-state index contributed by atoms with van der Waals surface area (Å²) < 4.78 is 9.40. The first-order valence-corrected chi connectivity index (χ1v) is 5.00. The molecule has 88 valence electrons. The van der Waals surface area contributed by atoms with E-state index in [2.05, 4.69) is 22.7 Å². The number of esters is 1. The molecule has 0 bridgehead atoms. The van der Waals surface area contributed by atoms with Gasteiger partial charge in [0.15, 0.2) is 0 Å². The van der Waals surface area contributed by atoms with Crippen molar-refractivity contribution in [1.29, 1.82) is 0 Å². The number of rotatable bonds is 3. The Morgan fingerprint density at radius 3 is 2.33 bits per heavy atom. The molecule has 0 aromatic heterocycles. The first-order valence-electron chi connectivity index (χ1n) is 4.49. The van der Waals surface area contributed by atoms with Gasteiger partial charge in [0.2, 0.25) is 0 Å². The first kappa shape index (κ1) is 14.1. The summed E-state index contributed by atoms with van der Waals surface area (Å²) in [6.45, 7) is 5.25. The number of hydrogen-bond acceptors (Lipinski definition) is 5. The van der Waals surface area contributed by atoms with Gasteiger partial charge < -0.3 is 14.8 Å². The SMILES string of the molecule is COC(=O)CC(S)NC(=O)OC(C)(C)C. The van der Waals surface area contributed by atoms with E-state index in [4.69, 9.17) is 4.74 Å². The van der Waals surface area contributed by atoms with E-state index in [1.807, 2.05) is 0 Å². The molecule has 0 radical (unpaired) electrons. The van der Waals surface area contributed by atoms with Crippen LogP contribution in [0.4, 0.5) is 4.79 Å². The summed E-state index contributed by atoms with van der Waals surface area (Å²) >= 11 is 4.00. The summed E-state index contributed by atoms with van der Waals surface area (Å²) in [5, 5.41) is 1.80. The first-order chi connectivity index (χ1) is 6.74. The standard InChI is InChI=1S/C9H17NO4S/c1-9(2,3)14-8(12)10-6(15)5-7(11)13-4/h6,15H,5H2,1-4H3,(H,10,12). The fraction of sp³-hybridized carbons (Fsp3) is 0.778. The summed E-state index contributed by atoms with van der Waals surface area (Å²) in [4.78, 5) is 22.0. The Balaban J connectivity index is 3.92.